The number of halogens is 1. The van der Waals surface area contributed by atoms with E-state index in [0.29, 0.717) is 17.2 Å². The quantitative estimate of drug-likeness (QED) is 0.634. The molecule has 28 heavy (non-hydrogen) atoms. The van der Waals surface area contributed by atoms with Gasteiger partial charge in [0, 0.05) is 42.5 Å². The smallest absolute Gasteiger partial charge is 0.258 e. The van der Waals surface area contributed by atoms with E-state index in [1.54, 1.807) is 0 Å². The number of benzene rings is 2. The molecule has 2 N–H and O–H groups in total. The van der Waals surface area contributed by atoms with Crippen LogP contribution in [0, 0.1) is 5.82 Å². The zero-order valence-corrected chi connectivity index (χ0v) is 15.8. The van der Waals surface area contributed by atoms with Gasteiger partial charge in [0.15, 0.2) is 0 Å². The molecule has 1 amide bonds. The highest BCUT2D eigenvalue weighted by atomic mass is 19.1. The van der Waals surface area contributed by atoms with Gasteiger partial charge >= 0.3 is 0 Å². The molecule has 0 aliphatic carbocycles. The fraction of sp³-hybridized carbons (Fsp3) is 0.190. The van der Waals surface area contributed by atoms with E-state index in [4.69, 9.17) is 0 Å². The number of rotatable bonds is 7. The average molecular weight is 379 g/mol. The van der Waals surface area contributed by atoms with Gasteiger partial charge in [0.25, 0.3) is 5.91 Å². The summed E-state index contributed by atoms with van der Waals surface area (Å²) in [6.45, 7) is 6.15. The Hall–Kier alpha value is -3.48. The molecule has 0 radical (unpaired) electrons. The van der Waals surface area contributed by atoms with E-state index in [-0.39, 0.29) is 11.7 Å². The summed E-state index contributed by atoms with van der Waals surface area (Å²) in [5, 5.41) is 5.79. The molecule has 2 aromatic carbocycles. The second kappa shape index (κ2) is 8.94. The van der Waals surface area contributed by atoms with Crippen molar-refractivity contribution in [1.82, 2.24) is 9.97 Å². The molecule has 0 aliphatic rings. The minimum atomic E-state index is -0.360. The van der Waals surface area contributed by atoms with Crippen LogP contribution in [-0.2, 0) is 0 Å². The standard InChI is InChI=1S/C21H22FN5O/c1-3-27(4-2)19-11-9-18(10-12-19)26-21-23-13-15(14-24-21)20(28)25-17-7-5-16(22)6-8-17/h5-14H,3-4H2,1-2H3,(H,25,28)(H,23,24,26). The molecule has 144 valence electrons. The summed E-state index contributed by atoms with van der Waals surface area (Å²) in [5.41, 5.74) is 2.83. The van der Waals surface area contributed by atoms with E-state index < -0.39 is 0 Å². The molecule has 6 nitrogen and oxygen atoms in total. The minimum Gasteiger partial charge on any atom is -0.372 e. The predicted molar refractivity (Wildman–Crippen MR) is 110 cm³/mol. The van der Waals surface area contributed by atoms with E-state index in [1.807, 2.05) is 24.3 Å². The second-order valence-corrected chi connectivity index (χ2v) is 6.10. The van der Waals surface area contributed by atoms with E-state index in [2.05, 4.69) is 39.3 Å². The maximum Gasteiger partial charge on any atom is 0.258 e. The second-order valence-electron chi connectivity index (χ2n) is 6.10. The van der Waals surface area contributed by atoms with Crippen LogP contribution in [-0.4, -0.2) is 29.0 Å². The van der Waals surface area contributed by atoms with Gasteiger partial charge < -0.3 is 15.5 Å². The molecule has 0 saturated heterocycles. The number of carbonyl (C=O) groups excluding carboxylic acids is 1. The van der Waals surface area contributed by atoms with E-state index in [1.165, 1.54) is 36.7 Å². The number of hydrogen-bond donors (Lipinski definition) is 2. The predicted octanol–water partition coefficient (Wildman–Crippen LogP) is 4.46. The van der Waals surface area contributed by atoms with Crippen molar-refractivity contribution in [3.63, 3.8) is 0 Å². The molecule has 0 saturated carbocycles. The van der Waals surface area contributed by atoms with Gasteiger partial charge in [-0.05, 0) is 62.4 Å². The zero-order valence-electron chi connectivity index (χ0n) is 15.8. The van der Waals surface area contributed by atoms with Gasteiger partial charge in [-0.1, -0.05) is 0 Å². The first-order chi connectivity index (χ1) is 13.6. The number of nitrogens with one attached hydrogen (secondary N) is 2. The van der Waals surface area contributed by atoms with Crippen LogP contribution in [0.1, 0.15) is 24.2 Å². The highest BCUT2D eigenvalue weighted by Crippen LogP contribution is 2.19. The van der Waals surface area contributed by atoms with Crippen molar-refractivity contribution >= 4 is 28.9 Å². The molecule has 7 heteroatoms. The molecule has 3 aromatic rings. The lowest BCUT2D eigenvalue weighted by Crippen LogP contribution is -2.21. The Morgan fingerprint density at radius 2 is 1.50 bits per heavy atom. The monoisotopic (exact) mass is 379 g/mol. The minimum absolute atomic E-state index is 0.312. The number of aromatic nitrogens is 2. The molecule has 0 unspecified atom stereocenters. The summed E-state index contributed by atoms with van der Waals surface area (Å²) in [5.74, 6) is -0.322. The third kappa shape index (κ3) is 4.82. The molecule has 0 atom stereocenters. The number of carbonyl (C=O) groups is 1. The molecular weight excluding hydrogens is 357 g/mol. The lowest BCUT2D eigenvalue weighted by molar-refractivity contribution is 0.102. The van der Waals surface area contributed by atoms with Gasteiger partial charge in [0.1, 0.15) is 5.82 Å². The summed E-state index contributed by atoms with van der Waals surface area (Å²) in [7, 11) is 0. The lowest BCUT2D eigenvalue weighted by Gasteiger charge is -2.21. The Labute approximate surface area is 163 Å². The van der Waals surface area contributed by atoms with Gasteiger partial charge in [-0.3, -0.25) is 4.79 Å². The van der Waals surface area contributed by atoms with Crippen LogP contribution >= 0.6 is 0 Å². The van der Waals surface area contributed by atoms with E-state index in [9.17, 15) is 9.18 Å². The summed E-state index contributed by atoms with van der Waals surface area (Å²) < 4.78 is 12.9. The Bertz CT molecular complexity index is 907. The van der Waals surface area contributed by atoms with Crippen molar-refractivity contribution in [3.05, 3.63) is 72.3 Å². The number of anilines is 4. The zero-order chi connectivity index (χ0) is 19.9. The van der Waals surface area contributed by atoms with Crippen LogP contribution in [0.3, 0.4) is 0 Å². The van der Waals surface area contributed by atoms with Crippen LogP contribution in [0.2, 0.25) is 0 Å². The summed E-state index contributed by atoms with van der Waals surface area (Å²) in [6, 6.07) is 13.6. The van der Waals surface area contributed by atoms with Crippen LogP contribution in [0.25, 0.3) is 0 Å². The molecule has 1 aromatic heterocycles. The topological polar surface area (TPSA) is 70.2 Å². The molecule has 0 bridgehead atoms. The first-order valence-corrected chi connectivity index (χ1v) is 9.10. The fourth-order valence-electron chi connectivity index (χ4n) is 2.72. The first-order valence-electron chi connectivity index (χ1n) is 9.10. The van der Waals surface area contributed by atoms with Gasteiger partial charge in [-0.2, -0.15) is 0 Å². The van der Waals surface area contributed by atoms with Crippen molar-refractivity contribution in [2.75, 3.05) is 28.6 Å². The van der Waals surface area contributed by atoms with Crippen molar-refractivity contribution in [1.29, 1.82) is 0 Å². The Morgan fingerprint density at radius 1 is 0.929 bits per heavy atom. The Kier molecular flexibility index (Phi) is 6.16. The number of hydrogen-bond acceptors (Lipinski definition) is 5. The highest BCUT2D eigenvalue weighted by molar-refractivity contribution is 6.03. The average Bonchev–Trinajstić information content (AvgIpc) is 2.72. The lowest BCUT2D eigenvalue weighted by atomic mass is 10.2. The summed E-state index contributed by atoms with van der Waals surface area (Å²) in [4.78, 5) is 22.9. The van der Waals surface area contributed by atoms with Crippen molar-refractivity contribution < 1.29 is 9.18 Å². The van der Waals surface area contributed by atoms with Gasteiger partial charge in [0.05, 0.1) is 5.56 Å². The molecule has 1 heterocycles. The largest absolute Gasteiger partial charge is 0.372 e. The summed E-state index contributed by atoms with van der Waals surface area (Å²) in [6.07, 6.45) is 2.89. The van der Waals surface area contributed by atoms with E-state index >= 15 is 0 Å². The van der Waals surface area contributed by atoms with E-state index in [0.717, 1.165) is 24.5 Å². The van der Waals surface area contributed by atoms with Crippen LogP contribution in [0.4, 0.5) is 27.4 Å². The number of amides is 1. The molecule has 0 aliphatic heterocycles. The number of nitrogens with zero attached hydrogens (tertiary/aromatic N) is 3. The third-order valence-corrected chi connectivity index (χ3v) is 4.27. The molecular formula is C21H22FN5O. The molecule has 3 rings (SSSR count). The first kappa shape index (κ1) is 19.3. The van der Waals surface area contributed by atoms with Crippen LogP contribution in [0.5, 0.6) is 0 Å². The van der Waals surface area contributed by atoms with Crippen LogP contribution < -0.4 is 15.5 Å². The molecule has 0 spiro atoms. The van der Waals surface area contributed by atoms with Crippen molar-refractivity contribution in [2.45, 2.75) is 13.8 Å². The maximum atomic E-state index is 12.9. The SMILES string of the molecule is CCN(CC)c1ccc(Nc2ncc(C(=O)Nc3ccc(F)cc3)cn2)cc1. The normalized spacial score (nSPS) is 10.4. The Balaban J connectivity index is 1.62. The summed E-state index contributed by atoms with van der Waals surface area (Å²) >= 11 is 0. The van der Waals surface area contributed by atoms with Gasteiger partial charge in [-0.25, -0.2) is 14.4 Å². The van der Waals surface area contributed by atoms with Crippen LogP contribution in [0.15, 0.2) is 60.9 Å². The third-order valence-electron chi connectivity index (χ3n) is 4.27. The van der Waals surface area contributed by atoms with Crippen molar-refractivity contribution in [2.24, 2.45) is 0 Å². The van der Waals surface area contributed by atoms with Crippen molar-refractivity contribution in [3.8, 4) is 0 Å². The van der Waals surface area contributed by atoms with Gasteiger partial charge in [-0.15, -0.1) is 0 Å². The highest BCUT2D eigenvalue weighted by Gasteiger charge is 2.08. The van der Waals surface area contributed by atoms with Gasteiger partial charge in [0.2, 0.25) is 5.95 Å². The molecule has 0 fully saturated rings. The Morgan fingerprint density at radius 3 is 2.07 bits per heavy atom. The fourth-order valence-corrected chi connectivity index (χ4v) is 2.72. The maximum absolute atomic E-state index is 12.9.